The molecule has 33 heavy (non-hydrogen) atoms. The van der Waals surface area contributed by atoms with Crippen molar-refractivity contribution in [1.82, 2.24) is 15.2 Å². The Hall–Kier alpha value is -3.41. The van der Waals surface area contributed by atoms with E-state index >= 15 is 0 Å². The summed E-state index contributed by atoms with van der Waals surface area (Å²) in [6.45, 7) is 1.69. The molecule has 0 aliphatic carbocycles. The lowest BCUT2D eigenvalue weighted by molar-refractivity contribution is 0.303. The summed E-state index contributed by atoms with van der Waals surface area (Å²) in [5.41, 5.74) is 3.16. The fourth-order valence-electron chi connectivity index (χ4n) is 4.81. The number of nitrogens with one attached hydrogen (secondary N) is 2. The van der Waals surface area contributed by atoms with E-state index in [9.17, 15) is 4.79 Å². The summed E-state index contributed by atoms with van der Waals surface area (Å²) >= 11 is 0. The molecule has 1 aliphatic rings. The maximum Gasteiger partial charge on any atom is 0.262 e. The molecule has 1 aliphatic heterocycles. The SMILES string of the molecule is COc1ccc(-n2ccc3ccccc3c2=O)cc1CNC1CCCNC1c1ccccc1. The van der Waals surface area contributed by atoms with Gasteiger partial charge in [0.1, 0.15) is 5.75 Å². The molecule has 0 bridgehead atoms. The van der Waals surface area contributed by atoms with Crippen molar-refractivity contribution >= 4 is 10.8 Å². The largest absolute Gasteiger partial charge is 0.496 e. The summed E-state index contributed by atoms with van der Waals surface area (Å²) in [6, 6.07) is 26.8. The Labute approximate surface area is 194 Å². The second kappa shape index (κ2) is 9.61. The first kappa shape index (κ1) is 21.4. The van der Waals surface area contributed by atoms with E-state index in [-0.39, 0.29) is 11.6 Å². The summed E-state index contributed by atoms with van der Waals surface area (Å²) in [4.78, 5) is 13.1. The number of nitrogens with zero attached hydrogens (tertiary/aromatic N) is 1. The molecule has 5 heteroatoms. The van der Waals surface area contributed by atoms with Crippen LogP contribution >= 0.6 is 0 Å². The number of hydrogen-bond donors (Lipinski definition) is 2. The van der Waals surface area contributed by atoms with Crippen molar-refractivity contribution < 1.29 is 4.74 Å². The van der Waals surface area contributed by atoms with Gasteiger partial charge in [0.2, 0.25) is 0 Å². The summed E-state index contributed by atoms with van der Waals surface area (Å²) in [6.07, 6.45) is 4.10. The first-order valence-corrected chi connectivity index (χ1v) is 11.5. The Bertz CT molecular complexity index is 1300. The van der Waals surface area contributed by atoms with Crippen molar-refractivity contribution in [3.8, 4) is 11.4 Å². The van der Waals surface area contributed by atoms with E-state index in [1.54, 1.807) is 11.7 Å². The Kier molecular flexibility index (Phi) is 6.24. The number of piperidine rings is 1. The Morgan fingerprint density at radius 1 is 1.03 bits per heavy atom. The van der Waals surface area contributed by atoms with E-state index in [1.165, 1.54) is 5.56 Å². The second-order valence-corrected chi connectivity index (χ2v) is 8.55. The van der Waals surface area contributed by atoms with Gasteiger partial charge in [-0.3, -0.25) is 9.36 Å². The molecule has 5 rings (SSSR count). The predicted molar refractivity (Wildman–Crippen MR) is 133 cm³/mol. The maximum absolute atomic E-state index is 13.1. The molecular weight excluding hydrogens is 410 g/mol. The molecule has 2 heterocycles. The summed E-state index contributed by atoms with van der Waals surface area (Å²) in [7, 11) is 1.69. The normalized spacial score (nSPS) is 18.3. The van der Waals surface area contributed by atoms with Crippen molar-refractivity contribution in [3.05, 3.63) is 107 Å². The summed E-state index contributed by atoms with van der Waals surface area (Å²) < 4.78 is 7.35. The van der Waals surface area contributed by atoms with E-state index in [1.807, 2.05) is 48.7 Å². The number of aromatic nitrogens is 1. The number of hydrogen-bond acceptors (Lipinski definition) is 4. The van der Waals surface area contributed by atoms with Gasteiger partial charge in [-0.15, -0.1) is 0 Å². The zero-order chi connectivity index (χ0) is 22.6. The third-order valence-electron chi connectivity index (χ3n) is 6.53. The Morgan fingerprint density at radius 2 is 1.85 bits per heavy atom. The second-order valence-electron chi connectivity index (χ2n) is 8.55. The van der Waals surface area contributed by atoms with Crippen LogP contribution in [0.4, 0.5) is 0 Å². The number of benzene rings is 3. The summed E-state index contributed by atoms with van der Waals surface area (Å²) in [5, 5.41) is 9.09. The smallest absolute Gasteiger partial charge is 0.262 e. The van der Waals surface area contributed by atoms with Crippen molar-refractivity contribution in [3.63, 3.8) is 0 Å². The van der Waals surface area contributed by atoms with Gasteiger partial charge in [-0.1, -0.05) is 48.5 Å². The predicted octanol–water partition coefficient (Wildman–Crippen LogP) is 4.58. The van der Waals surface area contributed by atoms with Crippen LogP contribution in [0.1, 0.15) is 30.0 Å². The van der Waals surface area contributed by atoms with Gasteiger partial charge in [-0.2, -0.15) is 0 Å². The molecule has 0 radical (unpaired) electrons. The third-order valence-corrected chi connectivity index (χ3v) is 6.53. The van der Waals surface area contributed by atoms with Gasteiger partial charge in [0.05, 0.1) is 7.11 Å². The van der Waals surface area contributed by atoms with Gasteiger partial charge in [0.15, 0.2) is 0 Å². The maximum atomic E-state index is 13.1. The van der Waals surface area contributed by atoms with Crippen LogP contribution in [-0.2, 0) is 6.54 Å². The van der Waals surface area contributed by atoms with Crippen LogP contribution in [-0.4, -0.2) is 24.3 Å². The highest BCUT2D eigenvalue weighted by molar-refractivity contribution is 5.81. The highest BCUT2D eigenvalue weighted by atomic mass is 16.5. The molecule has 0 spiro atoms. The molecule has 1 aromatic heterocycles. The van der Waals surface area contributed by atoms with Crippen molar-refractivity contribution in [2.45, 2.75) is 31.5 Å². The Balaban J connectivity index is 1.42. The average molecular weight is 440 g/mol. The minimum Gasteiger partial charge on any atom is -0.496 e. The van der Waals surface area contributed by atoms with Gasteiger partial charge < -0.3 is 15.4 Å². The molecular formula is C28H29N3O2. The van der Waals surface area contributed by atoms with Gasteiger partial charge >= 0.3 is 0 Å². The monoisotopic (exact) mass is 439 g/mol. The highest BCUT2D eigenvalue weighted by Crippen LogP contribution is 2.26. The molecule has 0 amide bonds. The lowest BCUT2D eigenvalue weighted by Gasteiger charge is -2.34. The number of fused-ring (bicyclic) bond motifs is 1. The minimum atomic E-state index is -0.0159. The minimum absolute atomic E-state index is 0.0159. The van der Waals surface area contributed by atoms with Gasteiger partial charge in [0.25, 0.3) is 5.56 Å². The zero-order valence-corrected chi connectivity index (χ0v) is 18.8. The number of ether oxygens (including phenoxy) is 1. The van der Waals surface area contributed by atoms with Crippen LogP contribution in [0.3, 0.4) is 0 Å². The van der Waals surface area contributed by atoms with E-state index in [0.29, 0.717) is 12.6 Å². The van der Waals surface area contributed by atoms with E-state index in [2.05, 4.69) is 47.0 Å². The molecule has 2 N–H and O–H groups in total. The molecule has 1 saturated heterocycles. The molecule has 0 saturated carbocycles. The number of rotatable bonds is 6. The molecule has 2 unspecified atom stereocenters. The topological polar surface area (TPSA) is 55.3 Å². The van der Waals surface area contributed by atoms with Crippen molar-refractivity contribution in [1.29, 1.82) is 0 Å². The van der Waals surface area contributed by atoms with Crippen LogP contribution in [0.5, 0.6) is 5.75 Å². The first-order chi connectivity index (χ1) is 16.2. The molecule has 168 valence electrons. The number of pyridine rings is 1. The van der Waals surface area contributed by atoms with E-state index in [4.69, 9.17) is 4.74 Å². The van der Waals surface area contributed by atoms with E-state index < -0.39 is 0 Å². The van der Waals surface area contributed by atoms with Crippen molar-refractivity contribution in [2.24, 2.45) is 0 Å². The molecule has 1 fully saturated rings. The molecule has 4 aromatic rings. The molecule has 5 nitrogen and oxygen atoms in total. The quantitative estimate of drug-likeness (QED) is 0.462. The average Bonchev–Trinajstić information content (AvgIpc) is 2.88. The van der Waals surface area contributed by atoms with Crippen LogP contribution in [0.15, 0.2) is 89.9 Å². The standard InChI is InChI=1S/C28H29N3O2/c1-33-26-14-13-23(31-17-15-20-8-5-6-11-24(20)28(31)32)18-22(26)19-30-25-12-7-16-29-27(25)21-9-3-2-4-10-21/h2-6,8-11,13-15,17-18,25,27,29-30H,7,12,16,19H2,1H3. The van der Waals surface area contributed by atoms with Crippen LogP contribution in [0, 0.1) is 0 Å². The summed E-state index contributed by atoms with van der Waals surface area (Å²) in [5.74, 6) is 0.820. The fourth-order valence-corrected chi connectivity index (χ4v) is 4.81. The van der Waals surface area contributed by atoms with Crippen LogP contribution in [0.25, 0.3) is 16.5 Å². The zero-order valence-electron chi connectivity index (χ0n) is 18.8. The molecule has 2 atom stereocenters. The lowest BCUT2D eigenvalue weighted by atomic mass is 9.92. The fraction of sp³-hybridized carbons (Fsp3) is 0.250. The van der Waals surface area contributed by atoms with Crippen molar-refractivity contribution in [2.75, 3.05) is 13.7 Å². The van der Waals surface area contributed by atoms with Crippen LogP contribution < -0.4 is 20.9 Å². The third kappa shape index (κ3) is 4.42. The van der Waals surface area contributed by atoms with E-state index in [0.717, 1.165) is 47.2 Å². The van der Waals surface area contributed by atoms with Gasteiger partial charge in [0, 0.05) is 41.5 Å². The van der Waals surface area contributed by atoms with Gasteiger partial charge in [-0.25, -0.2) is 0 Å². The van der Waals surface area contributed by atoms with Gasteiger partial charge in [-0.05, 0) is 60.7 Å². The molecule has 3 aromatic carbocycles. The lowest BCUT2D eigenvalue weighted by Crippen LogP contribution is -2.45. The Morgan fingerprint density at radius 3 is 2.70 bits per heavy atom. The van der Waals surface area contributed by atoms with Crippen LogP contribution in [0.2, 0.25) is 0 Å². The number of methoxy groups -OCH3 is 1. The highest BCUT2D eigenvalue weighted by Gasteiger charge is 2.25. The first-order valence-electron chi connectivity index (χ1n) is 11.5.